The van der Waals surface area contributed by atoms with Crippen LogP contribution >= 0.6 is 0 Å². The summed E-state index contributed by atoms with van der Waals surface area (Å²) >= 11 is 0. The third-order valence-corrected chi connectivity index (χ3v) is 5.55. The number of methoxy groups -OCH3 is 1. The number of carbonyl (C=O) groups is 1. The minimum absolute atomic E-state index is 0.105. The number of nitrogens with one attached hydrogen (secondary N) is 1. The average molecular weight is 359 g/mol. The molecule has 1 aliphatic heterocycles. The smallest absolute Gasteiger partial charge is 0.350 e. The third kappa shape index (κ3) is 2.42. The standard InChI is InChI=1S/C17H13NO6S/c1-22-16(19)12-9-18-13-8-15-14(7-11(12)13)23-17(24-15)25(20,21)10-5-3-2-4-6-10/h2-9,17-18H,1H3. The van der Waals surface area contributed by atoms with Crippen LogP contribution in [0.4, 0.5) is 0 Å². The minimum atomic E-state index is -3.83. The van der Waals surface area contributed by atoms with Gasteiger partial charge in [-0.3, -0.25) is 0 Å². The molecule has 0 spiro atoms. The Kier molecular flexibility index (Phi) is 3.43. The molecule has 0 saturated heterocycles. The van der Waals surface area contributed by atoms with Crippen molar-refractivity contribution in [1.82, 2.24) is 4.98 Å². The SMILES string of the molecule is COC(=O)c1c[nH]c2cc3c(cc12)OC(S(=O)(=O)c1ccccc1)O3. The van der Waals surface area contributed by atoms with Gasteiger partial charge in [0.25, 0.3) is 9.84 Å². The second-order valence-corrected chi connectivity index (χ2v) is 7.37. The number of H-pyrrole nitrogens is 1. The number of esters is 1. The van der Waals surface area contributed by atoms with Crippen molar-refractivity contribution in [1.29, 1.82) is 0 Å². The Morgan fingerprint density at radius 2 is 1.80 bits per heavy atom. The number of ether oxygens (including phenoxy) is 3. The fraction of sp³-hybridized carbons (Fsp3) is 0.118. The quantitative estimate of drug-likeness (QED) is 0.722. The second-order valence-electron chi connectivity index (χ2n) is 5.42. The number of benzene rings is 2. The highest BCUT2D eigenvalue weighted by Gasteiger charge is 2.37. The van der Waals surface area contributed by atoms with Crippen molar-refractivity contribution >= 4 is 26.7 Å². The van der Waals surface area contributed by atoms with Gasteiger partial charge in [0.05, 0.1) is 23.1 Å². The summed E-state index contributed by atoms with van der Waals surface area (Å²) in [4.78, 5) is 14.8. The highest BCUT2D eigenvalue weighted by Crippen LogP contribution is 2.41. The van der Waals surface area contributed by atoms with Crippen molar-refractivity contribution in [3.8, 4) is 11.5 Å². The van der Waals surface area contributed by atoms with Crippen LogP contribution in [0.25, 0.3) is 10.9 Å². The molecular formula is C17H13NO6S. The maximum Gasteiger partial charge on any atom is 0.350 e. The molecule has 0 aliphatic carbocycles. The van der Waals surface area contributed by atoms with E-state index in [4.69, 9.17) is 14.2 Å². The van der Waals surface area contributed by atoms with Crippen LogP contribution in [0.1, 0.15) is 10.4 Å². The zero-order valence-corrected chi connectivity index (χ0v) is 13.9. The first-order chi connectivity index (χ1) is 12.0. The van der Waals surface area contributed by atoms with Gasteiger partial charge in [-0.2, -0.15) is 0 Å². The minimum Gasteiger partial charge on any atom is -0.465 e. The topological polar surface area (TPSA) is 94.7 Å². The van der Waals surface area contributed by atoms with Crippen molar-refractivity contribution in [3.63, 3.8) is 0 Å². The lowest BCUT2D eigenvalue weighted by atomic mass is 10.1. The molecule has 0 fully saturated rings. The van der Waals surface area contributed by atoms with E-state index >= 15 is 0 Å². The second kappa shape index (κ2) is 5.52. The monoisotopic (exact) mass is 359 g/mol. The predicted octanol–water partition coefficient (Wildman–Crippen LogP) is 2.48. The van der Waals surface area contributed by atoms with E-state index in [0.29, 0.717) is 16.5 Å². The van der Waals surface area contributed by atoms with Crippen LogP contribution in [-0.4, -0.2) is 32.1 Å². The van der Waals surface area contributed by atoms with Crippen LogP contribution in [0, 0.1) is 0 Å². The summed E-state index contributed by atoms with van der Waals surface area (Å²) in [5.41, 5.74) is -0.531. The van der Waals surface area contributed by atoms with Crippen LogP contribution < -0.4 is 9.47 Å². The summed E-state index contributed by atoms with van der Waals surface area (Å²) in [6.45, 7) is 0. The molecule has 0 radical (unpaired) electrons. The first-order valence-corrected chi connectivity index (χ1v) is 8.91. The Labute approximate surface area is 143 Å². The number of sulfone groups is 1. The first-order valence-electron chi connectivity index (χ1n) is 7.36. The molecule has 0 bridgehead atoms. The molecule has 1 atom stereocenters. The lowest BCUT2D eigenvalue weighted by Crippen LogP contribution is -2.29. The summed E-state index contributed by atoms with van der Waals surface area (Å²) in [5.74, 6) is 0.0376. The van der Waals surface area contributed by atoms with Crippen LogP contribution in [-0.2, 0) is 14.6 Å². The zero-order valence-electron chi connectivity index (χ0n) is 13.1. The number of hydrogen-bond acceptors (Lipinski definition) is 6. The van der Waals surface area contributed by atoms with E-state index in [1.165, 1.54) is 25.4 Å². The maximum atomic E-state index is 12.6. The number of carbonyl (C=O) groups excluding carboxylic acids is 1. The highest BCUT2D eigenvalue weighted by atomic mass is 32.2. The molecule has 3 aromatic rings. The largest absolute Gasteiger partial charge is 0.465 e. The van der Waals surface area contributed by atoms with Crippen LogP contribution in [0.3, 0.4) is 0 Å². The van der Waals surface area contributed by atoms with Crippen molar-refractivity contribution in [2.45, 2.75) is 10.5 Å². The van der Waals surface area contributed by atoms with E-state index < -0.39 is 21.4 Å². The van der Waals surface area contributed by atoms with Crippen LogP contribution in [0.5, 0.6) is 11.5 Å². The molecule has 4 rings (SSSR count). The summed E-state index contributed by atoms with van der Waals surface area (Å²) < 4.78 is 41.0. The molecule has 2 aromatic carbocycles. The fourth-order valence-electron chi connectivity index (χ4n) is 2.67. The van der Waals surface area contributed by atoms with Gasteiger partial charge in [0.1, 0.15) is 0 Å². The normalized spacial score (nSPS) is 16.1. The van der Waals surface area contributed by atoms with E-state index in [2.05, 4.69) is 4.98 Å². The van der Waals surface area contributed by atoms with E-state index in [-0.39, 0.29) is 16.4 Å². The molecule has 0 saturated carbocycles. The van der Waals surface area contributed by atoms with Gasteiger partial charge < -0.3 is 19.2 Å². The number of aromatic amines is 1. The van der Waals surface area contributed by atoms with Gasteiger partial charge in [-0.05, 0) is 18.2 Å². The highest BCUT2D eigenvalue weighted by molar-refractivity contribution is 7.91. The Hall–Kier alpha value is -3.00. The lowest BCUT2D eigenvalue weighted by Gasteiger charge is -2.11. The van der Waals surface area contributed by atoms with Crippen LogP contribution in [0.15, 0.2) is 53.6 Å². The van der Waals surface area contributed by atoms with Crippen molar-refractivity contribution in [2.75, 3.05) is 7.11 Å². The molecule has 1 aromatic heterocycles. The Balaban J connectivity index is 1.72. The molecule has 1 aliphatic rings. The molecule has 2 heterocycles. The fourth-order valence-corrected chi connectivity index (χ4v) is 3.89. The number of fused-ring (bicyclic) bond motifs is 2. The Morgan fingerprint density at radius 3 is 2.48 bits per heavy atom. The van der Waals surface area contributed by atoms with E-state index in [0.717, 1.165) is 0 Å². The summed E-state index contributed by atoms with van der Waals surface area (Å²) in [6, 6.07) is 11.1. The number of hydrogen-bond donors (Lipinski definition) is 1. The Morgan fingerprint density at radius 1 is 1.12 bits per heavy atom. The van der Waals surface area contributed by atoms with Gasteiger partial charge in [-0.1, -0.05) is 18.2 Å². The zero-order chi connectivity index (χ0) is 17.6. The van der Waals surface area contributed by atoms with Crippen molar-refractivity contribution in [3.05, 3.63) is 54.2 Å². The molecule has 1 unspecified atom stereocenters. The molecule has 1 N–H and O–H groups in total. The van der Waals surface area contributed by atoms with Gasteiger partial charge in [0.15, 0.2) is 11.5 Å². The molecule has 128 valence electrons. The van der Waals surface area contributed by atoms with Gasteiger partial charge in [-0.15, -0.1) is 0 Å². The van der Waals surface area contributed by atoms with Gasteiger partial charge in [0, 0.05) is 17.6 Å². The van der Waals surface area contributed by atoms with Gasteiger partial charge >= 0.3 is 11.6 Å². The van der Waals surface area contributed by atoms with Gasteiger partial charge in [0.2, 0.25) is 0 Å². The van der Waals surface area contributed by atoms with E-state index in [1.807, 2.05) is 0 Å². The molecule has 25 heavy (non-hydrogen) atoms. The maximum absolute atomic E-state index is 12.6. The molecule has 0 amide bonds. The Bertz CT molecular complexity index is 1070. The number of aromatic nitrogens is 1. The number of rotatable bonds is 3. The summed E-state index contributed by atoms with van der Waals surface area (Å²) in [6.07, 6.45) is 1.52. The third-order valence-electron chi connectivity index (χ3n) is 3.92. The predicted molar refractivity (Wildman–Crippen MR) is 88.3 cm³/mol. The molecule has 8 heteroatoms. The van der Waals surface area contributed by atoms with Crippen molar-refractivity contribution in [2.24, 2.45) is 0 Å². The molecular weight excluding hydrogens is 346 g/mol. The van der Waals surface area contributed by atoms with E-state index in [9.17, 15) is 13.2 Å². The van der Waals surface area contributed by atoms with Gasteiger partial charge in [-0.25, -0.2) is 13.2 Å². The lowest BCUT2D eigenvalue weighted by molar-refractivity contribution is 0.0603. The van der Waals surface area contributed by atoms with Crippen LogP contribution in [0.2, 0.25) is 0 Å². The first kappa shape index (κ1) is 15.5. The molecule has 7 nitrogen and oxygen atoms in total. The van der Waals surface area contributed by atoms with E-state index in [1.54, 1.807) is 30.3 Å². The van der Waals surface area contributed by atoms with Crippen molar-refractivity contribution < 1.29 is 27.4 Å². The average Bonchev–Trinajstić information content (AvgIpc) is 3.23. The summed E-state index contributed by atoms with van der Waals surface area (Å²) in [7, 11) is -2.54. The summed E-state index contributed by atoms with van der Waals surface area (Å²) in [5, 5.41) is 0.562.